The van der Waals surface area contributed by atoms with Crippen LogP contribution in [-0.2, 0) is 11.8 Å². The smallest absolute Gasteiger partial charge is 0.225 e. The number of carbonyl (C=O) groups is 1. The average molecular weight is 277 g/mol. The van der Waals surface area contributed by atoms with Crippen molar-refractivity contribution in [3.8, 4) is 0 Å². The van der Waals surface area contributed by atoms with Crippen LogP contribution in [0.4, 0.5) is 0 Å². The largest absolute Gasteiger partial charge is 0.333 e. The number of nitrogens with zero attached hydrogens (tertiary/aromatic N) is 3. The molecule has 0 saturated carbocycles. The third-order valence-electron chi connectivity index (χ3n) is 4.33. The van der Waals surface area contributed by atoms with Gasteiger partial charge in [0, 0.05) is 25.2 Å². The zero-order chi connectivity index (χ0) is 15.0. The van der Waals surface area contributed by atoms with Gasteiger partial charge in [0.25, 0.3) is 0 Å². The molecule has 0 radical (unpaired) electrons. The van der Waals surface area contributed by atoms with Gasteiger partial charge in [-0.2, -0.15) is 0 Å². The molecule has 1 aliphatic heterocycles. The summed E-state index contributed by atoms with van der Waals surface area (Å²) in [4.78, 5) is 19.2. The van der Waals surface area contributed by atoms with Crippen molar-refractivity contribution in [2.45, 2.75) is 59.4 Å². The third-order valence-corrected chi connectivity index (χ3v) is 4.33. The molecule has 1 aromatic rings. The van der Waals surface area contributed by atoms with Gasteiger partial charge < -0.3 is 9.47 Å². The summed E-state index contributed by atoms with van der Waals surface area (Å²) in [5, 5.41) is 0. The maximum absolute atomic E-state index is 12.4. The van der Waals surface area contributed by atoms with Gasteiger partial charge in [0.15, 0.2) is 0 Å². The highest BCUT2D eigenvalue weighted by molar-refractivity contribution is 5.78. The molecule has 4 heteroatoms. The van der Waals surface area contributed by atoms with E-state index in [-0.39, 0.29) is 17.9 Å². The summed E-state index contributed by atoms with van der Waals surface area (Å²) in [5.41, 5.74) is 2.38. The second-order valence-electron chi connectivity index (χ2n) is 6.50. The quantitative estimate of drug-likeness (QED) is 0.851. The molecular formula is C16H27N3O. The van der Waals surface area contributed by atoms with Crippen LogP contribution in [0.2, 0.25) is 0 Å². The zero-order valence-corrected chi connectivity index (χ0v) is 13.6. The van der Waals surface area contributed by atoms with Gasteiger partial charge >= 0.3 is 0 Å². The lowest BCUT2D eigenvalue weighted by Gasteiger charge is -2.26. The highest BCUT2D eigenvalue weighted by Gasteiger charge is 2.34. The van der Waals surface area contributed by atoms with Crippen molar-refractivity contribution in [1.29, 1.82) is 0 Å². The summed E-state index contributed by atoms with van der Waals surface area (Å²) in [6, 6.07) is 0.154. The monoisotopic (exact) mass is 277 g/mol. The van der Waals surface area contributed by atoms with E-state index in [4.69, 9.17) is 4.98 Å². The number of hydrogen-bond acceptors (Lipinski definition) is 2. The van der Waals surface area contributed by atoms with E-state index in [1.165, 1.54) is 5.69 Å². The third kappa shape index (κ3) is 2.48. The summed E-state index contributed by atoms with van der Waals surface area (Å²) < 4.78 is 2.17. The van der Waals surface area contributed by atoms with E-state index in [0.717, 1.165) is 30.9 Å². The Hall–Kier alpha value is -1.32. The highest BCUT2D eigenvalue weighted by atomic mass is 16.2. The van der Waals surface area contributed by atoms with Crippen LogP contribution in [0.1, 0.15) is 69.7 Å². The fraction of sp³-hybridized carbons (Fsp3) is 0.750. The summed E-state index contributed by atoms with van der Waals surface area (Å²) in [7, 11) is 2.07. The number of aromatic nitrogens is 2. The first kappa shape index (κ1) is 15.1. The van der Waals surface area contributed by atoms with Gasteiger partial charge in [0.2, 0.25) is 5.91 Å². The van der Waals surface area contributed by atoms with Gasteiger partial charge in [-0.1, -0.05) is 27.7 Å². The van der Waals surface area contributed by atoms with Crippen molar-refractivity contribution in [3.05, 3.63) is 17.2 Å². The molecule has 0 N–H and O–H groups in total. The molecule has 1 fully saturated rings. The Labute approximate surface area is 122 Å². The van der Waals surface area contributed by atoms with Gasteiger partial charge in [0.05, 0.1) is 11.7 Å². The number of amides is 1. The molecule has 0 aromatic carbocycles. The summed E-state index contributed by atoms with van der Waals surface area (Å²) >= 11 is 0. The van der Waals surface area contributed by atoms with Gasteiger partial charge in [-0.25, -0.2) is 4.98 Å². The molecular weight excluding hydrogens is 250 g/mol. The number of rotatable bonds is 3. The first-order valence-electron chi connectivity index (χ1n) is 7.68. The maximum Gasteiger partial charge on any atom is 0.225 e. The molecule has 1 atom stereocenters. The Morgan fingerprint density at radius 2 is 1.95 bits per heavy atom. The average Bonchev–Trinajstić information content (AvgIpc) is 2.95. The van der Waals surface area contributed by atoms with Crippen LogP contribution in [0, 0.1) is 12.8 Å². The molecule has 0 spiro atoms. The van der Waals surface area contributed by atoms with E-state index < -0.39 is 0 Å². The highest BCUT2D eigenvalue weighted by Crippen LogP contribution is 2.34. The Kier molecular flexibility index (Phi) is 4.21. The Morgan fingerprint density at radius 3 is 2.45 bits per heavy atom. The Morgan fingerprint density at radius 1 is 1.30 bits per heavy atom. The first-order valence-corrected chi connectivity index (χ1v) is 7.68. The Bertz CT molecular complexity index is 502. The fourth-order valence-electron chi connectivity index (χ4n) is 3.10. The molecule has 1 unspecified atom stereocenters. The van der Waals surface area contributed by atoms with Crippen LogP contribution in [0.15, 0.2) is 0 Å². The molecule has 2 heterocycles. The molecule has 1 aliphatic rings. The number of likely N-dealkylation sites (tertiary alicyclic amines) is 1. The zero-order valence-electron chi connectivity index (χ0n) is 13.6. The molecule has 0 bridgehead atoms. The summed E-state index contributed by atoms with van der Waals surface area (Å²) in [5.74, 6) is 1.78. The van der Waals surface area contributed by atoms with Crippen LogP contribution in [0.5, 0.6) is 0 Å². The molecule has 0 aliphatic carbocycles. The van der Waals surface area contributed by atoms with E-state index in [0.29, 0.717) is 5.92 Å². The SMILES string of the molecule is Cc1c(C(C)C)nc(C2CCCN2C(=O)C(C)C)n1C. The molecule has 1 saturated heterocycles. The van der Waals surface area contributed by atoms with Crippen molar-refractivity contribution in [1.82, 2.24) is 14.5 Å². The normalized spacial score (nSPS) is 19.4. The van der Waals surface area contributed by atoms with Gasteiger partial charge in [-0.3, -0.25) is 4.79 Å². The number of carbonyl (C=O) groups excluding carboxylic acids is 1. The van der Waals surface area contributed by atoms with E-state index in [1.54, 1.807) is 0 Å². The second-order valence-corrected chi connectivity index (χ2v) is 6.50. The van der Waals surface area contributed by atoms with E-state index in [2.05, 4.69) is 32.4 Å². The lowest BCUT2D eigenvalue weighted by atomic mass is 10.1. The topological polar surface area (TPSA) is 38.1 Å². The second kappa shape index (κ2) is 5.58. The van der Waals surface area contributed by atoms with Crippen LogP contribution in [-0.4, -0.2) is 26.9 Å². The van der Waals surface area contributed by atoms with Crippen molar-refractivity contribution in [2.24, 2.45) is 13.0 Å². The summed E-state index contributed by atoms with van der Waals surface area (Å²) in [6.07, 6.45) is 2.10. The van der Waals surface area contributed by atoms with Crippen LogP contribution in [0.25, 0.3) is 0 Å². The molecule has 1 aromatic heterocycles. The van der Waals surface area contributed by atoms with Crippen molar-refractivity contribution in [2.75, 3.05) is 6.54 Å². The number of imidazole rings is 1. The standard InChI is InChI=1S/C16H27N3O/c1-10(2)14-12(5)18(6)15(17-14)13-8-7-9-19(13)16(20)11(3)4/h10-11,13H,7-9H2,1-6H3. The lowest BCUT2D eigenvalue weighted by molar-refractivity contribution is -0.135. The predicted octanol–water partition coefficient (Wildman–Crippen LogP) is 3.17. The van der Waals surface area contributed by atoms with Gasteiger partial charge in [-0.15, -0.1) is 0 Å². The van der Waals surface area contributed by atoms with E-state index >= 15 is 0 Å². The minimum Gasteiger partial charge on any atom is -0.333 e. The maximum atomic E-state index is 12.4. The fourth-order valence-corrected chi connectivity index (χ4v) is 3.10. The van der Waals surface area contributed by atoms with Crippen molar-refractivity contribution < 1.29 is 4.79 Å². The van der Waals surface area contributed by atoms with Crippen LogP contribution < -0.4 is 0 Å². The predicted molar refractivity (Wildman–Crippen MR) is 80.6 cm³/mol. The molecule has 112 valence electrons. The van der Waals surface area contributed by atoms with Gasteiger partial charge in [0.1, 0.15) is 5.82 Å². The summed E-state index contributed by atoms with van der Waals surface area (Å²) in [6.45, 7) is 11.3. The lowest BCUT2D eigenvalue weighted by Crippen LogP contribution is -2.34. The molecule has 1 amide bonds. The number of hydrogen-bond donors (Lipinski definition) is 0. The molecule has 4 nitrogen and oxygen atoms in total. The van der Waals surface area contributed by atoms with Crippen molar-refractivity contribution >= 4 is 5.91 Å². The van der Waals surface area contributed by atoms with E-state index in [1.807, 2.05) is 18.7 Å². The van der Waals surface area contributed by atoms with E-state index in [9.17, 15) is 4.79 Å². The Balaban J connectivity index is 2.36. The molecule has 20 heavy (non-hydrogen) atoms. The van der Waals surface area contributed by atoms with Crippen LogP contribution >= 0.6 is 0 Å². The minimum atomic E-state index is 0.0570. The van der Waals surface area contributed by atoms with Gasteiger partial charge in [-0.05, 0) is 25.7 Å². The van der Waals surface area contributed by atoms with Crippen molar-refractivity contribution in [3.63, 3.8) is 0 Å². The molecule has 2 rings (SSSR count). The minimum absolute atomic E-state index is 0.0570. The van der Waals surface area contributed by atoms with Crippen LogP contribution in [0.3, 0.4) is 0 Å². The first-order chi connectivity index (χ1) is 9.34.